The molecule has 4 heteroatoms. The van der Waals surface area contributed by atoms with Crippen LogP contribution in [0.25, 0.3) is 6.08 Å². The third kappa shape index (κ3) is 3.66. The molecule has 2 atom stereocenters. The smallest absolute Gasteiger partial charge is 0.266 e. The van der Waals surface area contributed by atoms with Gasteiger partial charge in [-0.2, -0.15) is 5.26 Å². The number of furan rings is 1. The molecular formula is C21H22N2O2. The summed E-state index contributed by atoms with van der Waals surface area (Å²) in [5.41, 5.74) is 3.88. The minimum absolute atomic E-state index is 0.0316. The van der Waals surface area contributed by atoms with Crippen LogP contribution in [0.2, 0.25) is 0 Å². The fourth-order valence-electron chi connectivity index (χ4n) is 3.21. The summed E-state index contributed by atoms with van der Waals surface area (Å²) in [6.45, 7) is 8.09. The highest BCUT2D eigenvalue weighted by Crippen LogP contribution is 2.47. The van der Waals surface area contributed by atoms with Crippen molar-refractivity contribution in [1.29, 1.82) is 5.26 Å². The van der Waals surface area contributed by atoms with E-state index in [1.165, 1.54) is 6.08 Å². The van der Waals surface area contributed by atoms with Crippen molar-refractivity contribution in [3.8, 4) is 6.07 Å². The average Bonchev–Trinajstić information content (AvgIpc) is 3.09. The van der Waals surface area contributed by atoms with Crippen LogP contribution in [0.5, 0.6) is 0 Å². The van der Waals surface area contributed by atoms with Gasteiger partial charge in [0.05, 0.1) is 0 Å². The zero-order valence-electron chi connectivity index (χ0n) is 15.0. The van der Waals surface area contributed by atoms with E-state index in [0.29, 0.717) is 17.6 Å². The molecule has 1 aromatic carbocycles. The molecule has 0 saturated heterocycles. The normalized spacial score (nSPS) is 19.4. The van der Waals surface area contributed by atoms with Crippen molar-refractivity contribution in [1.82, 2.24) is 0 Å². The fourth-order valence-corrected chi connectivity index (χ4v) is 3.21. The Labute approximate surface area is 148 Å². The monoisotopic (exact) mass is 334 g/mol. The summed E-state index contributed by atoms with van der Waals surface area (Å²) in [4.78, 5) is 12.5. The molecule has 4 nitrogen and oxygen atoms in total. The standard InChI is InChI=1S/C21H22N2O2/c1-12-7-14(3)20(15(4)8-12)23-21(24)16(11-22)10-17-5-6-19(25-17)18-9-13(18)2/h5-8,10,13,18H,9H2,1-4H3,(H,23,24)/b16-10+/t13-,18+/m0/s1. The number of hydrogen-bond donors (Lipinski definition) is 1. The van der Waals surface area contributed by atoms with Crippen molar-refractivity contribution >= 4 is 17.7 Å². The Hall–Kier alpha value is -2.80. The first-order chi connectivity index (χ1) is 11.9. The molecule has 0 radical (unpaired) electrons. The van der Waals surface area contributed by atoms with Crippen molar-refractivity contribution in [2.24, 2.45) is 5.92 Å². The molecule has 0 spiro atoms. The van der Waals surface area contributed by atoms with Gasteiger partial charge in [0.15, 0.2) is 0 Å². The third-order valence-electron chi connectivity index (χ3n) is 4.69. The fraction of sp³-hybridized carbons (Fsp3) is 0.333. The molecule has 1 aliphatic rings. The second-order valence-corrected chi connectivity index (χ2v) is 6.96. The molecule has 1 N–H and O–H groups in total. The van der Waals surface area contributed by atoms with E-state index >= 15 is 0 Å². The van der Waals surface area contributed by atoms with Crippen LogP contribution < -0.4 is 5.32 Å². The summed E-state index contributed by atoms with van der Waals surface area (Å²) >= 11 is 0. The van der Waals surface area contributed by atoms with E-state index in [2.05, 4.69) is 12.2 Å². The summed E-state index contributed by atoms with van der Waals surface area (Å²) in [7, 11) is 0. The second-order valence-electron chi connectivity index (χ2n) is 6.96. The average molecular weight is 334 g/mol. The number of carbonyl (C=O) groups excluding carboxylic acids is 1. The Kier molecular flexibility index (Phi) is 4.50. The predicted octanol–water partition coefficient (Wildman–Crippen LogP) is 4.87. The quantitative estimate of drug-likeness (QED) is 0.640. The van der Waals surface area contributed by atoms with Gasteiger partial charge in [-0.05, 0) is 56.4 Å². The maximum atomic E-state index is 12.5. The number of aryl methyl sites for hydroxylation is 3. The Morgan fingerprint density at radius 2 is 1.92 bits per heavy atom. The van der Waals surface area contributed by atoms with E-state index in [4.69, 9.17) is 4.42 Å². The van der Waals surface area contributed by atoms with Crippen LogP contribution in [-0.4, -0.2) is 5.91 Å². The minimum atomic E-state index is -0.421. The Balaban J connectivity index is 1.80. The summed E-state index contributed by atoms with van der Waals surface area (Å²) < 4.78 is 5.77. The first kappa shape index (κ1) is 17.0. The van der Waals surface area contributed by atoms with Gasteiger partial charge in [0, 0.05) is 17.7 Å². The first-order valence-electron chi connectivity index (χ1n) is 8.49. The highest BCUT2D eigenvalue weighted by atomic mass is 16.3. The number of nitriles is 1. The molecular weight excluding hydrogens is 312 g/mol. The van der Waals surface area contributed by atoms with Crippen LogP contribution in [0.4, 0.5) is 5.69 Å². The van der Waals surface area contributed by atoms with Crippen LogP contribution in [-0.2, 0) is 4.79 Å². The molecule has 1 aromatic heterocycles. The molecule has 2 aromatic rings. The SMILES string of the molecule is Cc1cc(C)c(NC(=O)/C(C#N)=C/c2ccc([C@@H]3C[C@@H]3C)o2)c(C)c1. The van der Waals surface area contributed by atoms with E-state index < -0.39 is 5.91 Å². The molecule has 25 heavy (non-hydrogen) atoms. The van der Waals surface area contributed by atoms with Crippen LogP contribution >= 0.6 is 0 Å². The number of nitrogens with one attached hydrogen (secondary N) is 1. The zero-order valence-corrected chi connectivity index (χ0v) is 15.0. The van der Waals surface area contributed by atoms with Gasteiger partial charge in [0.25, 0.3) is 5.91 Å². The van der Waals surface area contributed by atoms with Gasteiger partial charge < -0.3 is 9.73 Å². The van der Waals surface area contributed by atoms with Crippen molar-refractivity contribution in [2.75, 3.05) is 5.32 Å². The van der Waals surface area contributed by atoms with E-state index in [1.54, 1.807) is 0 Å². The minimum Gasteiger partial charge on any atom is -0.461 e. The molecule has 0 aliphatic heterocycles. The van der Waals surface area contributed by atoms with Crippen molar-refractivity contribution in [2.45, 2.75) is 40.0 Å². The van der Waals surface area contributed by atoms with E-state index in [-0.39, 0.29) is 5.57 Å². The molecule has 128 valence electrons. The number of benzene rings is 1. The zero-order chi connectivity index (χ0) is 18.1. The van der Waals surface area contributed by atoms with E-state index in [9.17, 15) is 10.1 Å². The molecule has 3 rings (SSSR count). The molecule has 1 aliphatic carbocycles. The Morgan fingerprint density at radius 3 is 2.48 bits per heavy atom. The first-order valence-corrected chi connectivity index (χ1v) is 8.49. The number of amides is 1. The van der Waals surface area contributed by atoms with Gasteiger partial charge >= 0.3 is 0 Å². The summed E-state index contributed by atoms with van der Waals surface area (Å²) in [5, 5.41) is 12.2. The Bertz CT molecular complexity index is 876. The maximum Gasteiger partial charge on any atom is 0.266 e. The van der Waals surface area contributed by atoms with E-state index in [1.807, 2.05) is 51.1 Å². The molecule has 0 unspecified atom stereocenters. The van der Waals surface area contributed by atoms with Gasteiger partial charge in [-0.1, -0.05) is 24.6 Å². The lowest BCUT2D eigenvalue weighted by molar-refractivity contribution is -0.112. The van der Waals surface area contributed by atoms with Crippen molar-refractivity contribution < 1.29 is 9.21 Å². The lowest BCUT2D eigenvalue weighted by atomic mass is 10.0. The van der Waals surface area contributed by atoms with Crippen molar-refractivity contribution in [3.05, 3.63) is 58.0 Å². The van der Waals surface area contributed by atoms with Gasteiger partial charge in [-0.15, -0.1) is 0 Å². The Morgan fingerprint density at radius 1 is 1.28 bits per heavy atom. The third-order valence-corrected chi connectivity index (χ3v) is 4.69. The highest BCUT2D eigenvalue weighted by Gasteiger charge is 2.36. The number of carbonyl (C=O) groups is 1. The second kappa shape index (κ2) is 6.60. The number of rotatable bonds is 4. The molecule has 1 heterocycles. The van der Waals surface area contributed by atoms with Crippen LogP contribution in [0.15, 0.2) is 34.3 Å². The van der Waals surface area contributed by atoms with Gasteiger partial charge in [-0.25, -0.2) is 0 Å². The van der Waals surface area contributed by atoms with Crippen LogP contribution in [0.3, 0.4) is 0 Å². The lowest BCUT2D eigenvalue weighted by Crippen LogP contribution is -2.15. The summed E-state index contributed by atoms with van der Waals surface area (Å²) in [6, 6.07) is 9.73. The molecule has 0 bridgehead atoms. The number of nitrogens with zero attached hydrogens (tertiary/aromatic N) is 1. The lowest BCUT2D eigenvalue weighted by Gasteiger charge is -2.12. The highest BCUT2D eigenvalue weighted by molar-refractivity contribution is 6.10. The van der Waals surface area contributed by atoms with Gasteiger partial charge in [-0.3, -0.25) is 4.79 Å². The number of hydrogen-bond acceptors (Lipinski definition) is 3. The van der Waals surface area contributed by atoms with E-state index in [0.717, 1.165) is 34.6 Å². The molecule has 1 amide bonds. The largest absolute Gasteiger partial charge is 0.461 e. The van der Waals surface area contributed by atoms with Crippen LogP contribution in [0, 0.1) is 38.0 Å². The topological polar surface area (TPSA) is 66.0 Å². The molecule has 1 fully saturated rings. The molecule has 1 saturated carbocycles. The maximum absolute atomic E-state index is 12.5. The van der Waals surface area contributed by atoms with Gasteiger partial charge in [0.2, 0.25) is 0 Å². The summed E-state index contributed by atoms with van der Waals surface area (Å²) in [6.07, 6.45) is 2.64. The number of anilines is 1. The predicted molar refractivity (Wildman–Crippen MR) is 98.1 cm³/mol. The van der Waals surface area contributed by atoms with Crippen molar-refractivity contribution in [3.63, 3.8) is 0 Å². The summed E-state index contributed by atoms with van der Waals surface area (Å²) in [5.74, 6) is 2.17. The van der Waals surface area contributed by atoms with Crippen LogP contribution in [0.1, 0.15) is 47.5 Å². The van der Waals surface area contributed by atoms with Gasteiger partial charge in [0.1, 0.15) is 23.2 Å².